The van der Waals surface area contributed by atoms with Gasteiger partial charge >= 0.3 is 0 Å². The van der Waals surface area contributed by atoms with E-state index in [4.69, 9.17) is 9.47 Å². The Hall–Kier alpha value is -3.79. The van der Waals surface area contributed by atoms with Crippen molar-refractivity contribution in [2.75, 3.05) is 32.1 Å². The third-order valence-electron chi connectivity index (χ3n) is 6.28. The van der Waals surface area contributed by atoms with E-state index >= 15 is 0 Å². The molecule has 0 aliphatic carbocycles. The smallest absolute Gasteiger partial charge is 0.210 e. The molecule has 0 radical (unpaired) electrons. The highest BCUT2D eigenvalue weighted by atomic mass is 32.2. The molecule has 0 aromatic heterocycles. The molecule has 1 fully saturated rings. The minimum Gasteiger partial charge on any atom is -0.438 e. The van der Waals surface area contributed by atoms with Crippen LogP contribution in [0.15, 0.2) is 107 Å². The topological polar surface area (TPSA) is 62.6 Å². The van der Waals surface area contributed by atoms with E-state index < -0.39 is 0 Å². The Morgan fingerprint density at radius 2 is 1.50 bits per heavy atom. The summed E-state index contributed by atoms with van der Waals surface area (Å²) in [5.74, 6) is 1.21. The minimum atomic E-state index is -0.227. The molecular weight excluding hydrogens is 468 g/mol. The van der Waals surface area contributed by atoms with Gasteiger partial charge in [-0.2, -0.15) is 5.26 Å². The van der Waals surface area contributed by atoms with Gasteiger partial charge in [-0.15, -0.1) is 11.8 Å². The number of ketones is 1. The molecule has 0 N–H and O–H groups in total. The van der Waals surface area contributed by atoms with E-state index in [-0.39, 0.29) is 11.7 Å². The fraction of sp³-hybridized carbons (Fsp3) is 0.200. The molecule has 0 bridgehead atoms. The number of morpholine rings is 1. The number of ether oxygens (including phenoxy) is 2. The number of nitriles is 1. The number of Topliss-reactive ketones (excluding diaryl/α,β-unsaturated/α-hetero) is 1. The van der Waals surface area contributed by atoms with Crippen molar-refractivity contribution in [3.63, 3.8) is 0 Å². The van der Waals surface area contributed by atoms with Crippen molar-refractivity contribution in [3.8, 4) is 6.07 Å². The van der Waals surface area contributed by atoms with Crippen LogP contribution in [-0.2, 0) is 9.47 Å². The SMILES string of the molecule is N#C/C1=C(\N2CCOCC2)O/C(c2ccccc2)=C(/C(=O)c2ccccc2)SCC1c1ccccc1. The number of nitrogens with zero attached hydrogens (tertiary/aromatic N) is 2. The number of hydrogen-bond acceptors (Lipinski definition) is 6. The number of rotatable bonds is 5. The van der Waals surface area contributed by atoms with E-state index in [9.17, 15) is 10.1 Å². The second-order valence-corrected chi connectivity index (χ2v) is 9.56. The van der Waals surface area contributed by atoms with Gasteiger partial charge in [0.05, 0.1) is 23.7 Å². The van der Waals surface area contributed by atoms with Gasteiger partial charge in [0.2, 0.25) is 11.7 Å². The van der Waals surface area contributed by atoms with Crippen LogP contribution in [0.5, 0.6) is 0 Å². The Morgan fingerprint density at radius 3 is 2.14 bits per heavy atom. The van der Waals surface area contributed by atoms with Gasteiger partial charge in [-0.05, 0) is 5.56 Å². The average molecular weight is 495 g/mol. The summed E-state index contributed by atoms with van der Waals surface area (Å²) in [4.78, 5) is 16.5. The molecule has 2 aliphatic heterocycles. The van der Waals surface area contributed by atoms with Gasteiger partial charge in [-0.1, -0.05) is 91.0 Å². The second kappa shape index (κ2) is 11.3. The summed E-state index contributed by atoms with van der Waals surface area (Å²) in [6, 6.07) is 31.4. The maximum absolute atomic E-state index is 13.9. The standard InChI is InChI=1S/C30H26N2O3S/c31-20-25-26(22-10-4-1-5-11-22)21-36-29(27(33)23-12-6-2-7-13-23)28(24-14-8-3-9-15-24)35-30(25)32-16-18-34-19-17-32/h1-15,26H,16-19,21H2/b29-28-,30-25-. The Morgan fingerprint density at radius 1 is 0.889 bits per heavy atom. The van der Waals surface area contributed by atoms with E-state index in [0.29, 0.717) is 59.7 Å². The van der Waals surface area contributed by atoms with Crippen LogP contribution in [0.4, 0.5) is 0 Å². The summed E-state index contributed by atoms with van der Waals surface area (Å²) in [6.07, 6.45) is 0. The lowest BCUT2D eigenvalue weighted by atomic mass is 9.93. The number of thioether (sulfide) groups is 1. The van der Waals surface area contributed by atoms with E-state index in [1.807, 2.05) is 91.0 Å². The second-order valence-electron chi connectivity index (χ2n) is 8.53. The Bertz CT molecular complexity index is 1310. The molecule has 2 heterocycles. The summed E-state index contributed by atoms with van der Waals surface area (Å²) in [5, 5.41) is 10.4. The van der Waals surface area contributed by atoms with Crippen LogP contribution in [0.1, 0.15) is 27.4 Å². The summed E-state index contributed by atoms with van der Waals surface area (Å²) in [5.41, 5.74) is 2.98. The molecule has 180 valence electrons. The largest absolute Gasteiger partial charge is 0.438 e. The van der Waals surface area contributed by atoms with Crippen molar-refractivity contribution in [2.45, 2.75) is 5.92 Å². The van der Waals surface area contributed by atoms with Gasteiger partial charge < -0.3 is 14.4 Å². The highest BCUT2D eigenvalue weighted by Gasteiger charge is 2.33. The van der Waals surface area contributed by atoms with Crippen molar-refractivity contribution in [3.05, 3.63) is 124 Å². The first-order valence-electron chi connectivity index (χ1n) is 12.0. The number of allylic oxidation sites excluding steroid dienone is 2. The van der Waals surface area contributed by atoms with Crippen molar-refractivity contribution >= 4 is 23.3 Å². The highest BCUT2D eigenvalue weighted by Crippen LogP contribution is 2.42. The van der Waals surface area contributed by atoms with Gasteiger partial charge in [-0.25, -0.2) is 0 Å². The molecule has 0 amide bonds. The fourth-order valence-corrected chi connectivity index (χ4v) is 5.64. The van der Waals surface area contributed by atoms with Gasteiger partial charge in [0, 0.05) is 35.9 Å². The van der Waals surface area contributed by atoms with Crippen LogP contribution < -0.4 is 0 Å². The zero-order valence-electron chi connectivity index (χ0n) is 19.8. The monoisotopic (exact) mass is 494 g/mol. The number of carbonyl (C=O) groups excluding carboxylic acids is 1. The predicted molar refractivity (Wildman–Crippen MR) is 142 cm³/mol. The molecule has 1 saturated heterocycles. The maximum Gasteiger partial charge on any atom is 0.210 e. The Kier molecular flexibility index (Phi) is 7.51. The van der Waals surface area contributed by atoms with Crippen molar-refractivity contribution in [1.29, 1.82) is 5.26 Å². The first kappa shape index (κ1) is 23.9. The molecule has 5 rings (SSSR count). The summed E-state index contributed by atoms with van der Waals surface area (Å²) in [7, 11) is 0. The van der Waals surface area contributed by atoms with Crippen LogP contribution in [0.3, 0.4) is 0 Å². The zero-order chi connectivity index (χ0) is 24.7. The summed E-state index contributed by atoms with van der Waals surface area (Å²) in [6.45, 7) is 2.32. The van der Waals surface area contributed by atoms with Gasteiger partial charge in [0.25, 0.3) is 0 Å². The first-order valence-corrected chi connectivity index (χ1v) is 13.0. The lowest BCUT2D eigenvalue weighted by molar-refractivity contribution is 0.0301. The first-order chi connectivity index (χ1) is 17.8. The molecule has 36 heavy (non-hydrogen) atoms. The highest BCUT2D eigenvalue weighted by molar-refractivity contribution is 8.04. The molecule has 1 unspecified atom stereocenters. The van der Waals surface area contributed by atoms with Crippen LogP contribution >= 0.6 is 11.8 Å². The van der Waals surface area contributed by atoms with Gasteiger partial charge in [0.15, 0.2) is 5.76 Å². The minimum absolute atomic E-state index is 0.0898. The van der Waals surface area contributed by atoms with Crippen LogP contribution in [-0.4, -0.2) is 42.7 Å². The third kappa shape index (κ3) is 5.08. The van der Waals surface area contributed by atoms with Crippen LogP contribution in [0.25, 0.3) is 5.76 Å². The van der Waals surface area contributed by atoms with E-state index in [2.05, 4.69) is 11.0 Å². The molecule has 2 aliphatic rings. The molecule has 5 nitrogen and oxygen atoms in total. The lowest BCUT2D eigenvalue weighted by Gasteiger charge is -2.34. The number of benzene rings is 3. The molecule has 0 saturated carbocycles. The average Bonchev–Trinajstić information content (AvgIpc) is 2.95. The van der Waals surface area contributed by atoms with Gasteiger partial charge in [-0.3, -0.25) is 4.79 Å². The number of carbonyl (C=O) groups is 1. The maximum atomic E-state index is 13.9. The molecule has 1 atom stereocenters. The molecular formula is C30H26N2O3S. The third-order valence-corrected chi connectivity index (χ3v) is 7.44. The molecule has 0 spiro atoms. The number of hydrogen-bond donors (Lipinski definition) is 0. The Balaban J connectivity index is 1.70. The van der Waals surface area contributed by atoms with E-state index in [0.717, 1.165) is 11.1 Å². The van der Waals surface area contributed by atoms with Crippen molar-refractivity contribution in [2.24, 2.45) is 0 Å². The van der Waals surface area contributed by atoms with Crippen LogP contribution in [0.2, 0.25) is 0 Å². The summed E-state index contributed by atoms with van der Waals surface area (Å²) < 4.78 is 12.3. The van der Waals surface area contributed by atoms with E-state index in [1.54, 1.807) is 0 Å². The predicted octanol–water partition coefficient (Wildman–Crippen LogP) is 5.85. The Labute approximate surface area is 215 Å². The zero-order valence-corrected chi connectivity index (χ0v) is 20.6. The van der Waals surface area contributed by atoms with Crippen LogP contribution in [0, 0.1) is 11.3 Å². The van der Waals surface area contributed by atoms with Gasteiger partial charge in [0.1, 0.15) is 6.07 Å². The van der Waals surface area contributed by atoms with Crippen molar-refractivity contribution < 1.29 is 14.3 Å². The van der Waals surface area contributed by atoms with E-state index in [1.165, 1.54) is 11.8 Å². The molecule has 3 aromatic carbocycles. The summed E-state index contributed by atoms with van der Waals surface area (Å²) >= 11 is 1.45. The lowest BCUT2D eigenvalue weighted by Crippen LogP contribution is -2.38. The normalized spacial score (nSPS) is 22.6. The molecule has 3 aromatic rings. The molecule has 6 heteroatoms. The fourth-order valence-electron chi connectivity index (χ4n) is 4.41. The van der Waals surface area contributed by atoms with Crippen molar-refractivity contribution in [1.82, 2.24) is 4.90 Å². The quantitative estimate of drug-likeness (QED) is 0.415.